The first-order valence-electron chi connectivity index (χ1n) is 5.66. The first-order valence-corrected chi connectivity index (χ1v) is 5.66. The van der Waals surface area contributed by atoms with E-state index in [1.54, 1.807) is 5.32 Å². The summed E-state index contributed by atoms with van der Waals surface area (Å²) in [4.78, 5) is 11.3. The van der Waals surface area contributed by atoms with Crippen LogP contribution in [0.4, 0.5) is 29.3 Å². The first kappa shape index (κ1) is 14.1. The van der Waals surface area contributed by atoms with Crippen molar-refractivity contribution in [3.8, 4) is 11.5 Å². The van der Waals surface area contributed by atoms with Crippen LogP contribution < -0.4 is 25.8 Å². The molecule has 0 radical (unpaired) electrons. The average molecular weight is 291 g/mol. The molecule has 0 bridgehead atoms. The molecule has 1 heterocycles. The van der Waals surface area contributed by atoms with Crippen molar-refractivity contribution in [2.75, 3.05) is 30.8 Å². The smallest absolute Gasteiger partial charge is 0.405 e. The zero-order chi connectivity index (χ0) is 14.8. The highest BCUT2D eigenvalue weighted by molar-refractivity contribution is 5.93. The zero-order valence-corrected chi connectivity index (χ0v) is 10.2. The van der Waals surface area contributed by atoms with Crippen LogP contribution in [0.3, 0.4) is 0 Å². The molecule has 0 spiro atoms. The Hall–Kier alpha value is -2.32. The minimum Gasteiger partial charge on any atom is -0.486 e. The molecule has 9 heteroatoms. The lowest BCUT2D eigenvalue weighted by Gasteiger charge is -2.20. The number of rotatable bonds is 2. The highest BCUT2D eigenvalue weighted by Crippen LogP contribution is 2.36. The number of nitrogens with two attached hydrogens (primary N) is 1. The molecule has 1 aliphatic heterocycles. The molecule has 0 atom stereocenters. The van der Waals surface area contributed by atoms with Gasteiger partial charge in [0.25, 0.3) is 0 Å². The van der Waals surface area contributed by atoms with E-state index in [1.807, 2.05) is 0 Å². The zero-order valence-electron chi connectivity index (χ0n) is 10.2. The van der Waals surface area contributed by atoms with Crippen molar-refractivity contribution < 1.29 is 27.4 Å². The Kier molecular flexibility index (Phi) is 3.77. The molecular formula is C11H12F3N3O3. The predicted molar refractivity (Wildman–Crippen MR) is 64.9 cm³/mol. The molecular weight excluding hydrogens is 279 g/mol. The predicted octanol–water partition coefficient (Wildman–Crippen LogP) is 1.72. The van der Waals surface area contributed by atoms with Gasteiger partial charge in [-0.3, -0.25) is 0 Å². The van der Waals surface area contributed by atoms with Gasteiger partial charge in [0.1, 0.15) is 19.8 Å². The van der Waals surface area contributed by atoms with Crippen molar-refractivity contribution in [2.45, 2.75) is 6.18 Å². The van der Waals surface area contributed by atoms with Crippen molar-refractivity contribution >= 4 is 17.4 Å². The van der Waals surface area contributed by atoms with Gasteiger partial charge in [0.2, 0.25) is 0 Å². The Bertz CT molecular complexity index is 520. The van der Waals surface area contributed by atoms with Crippen molar-refractivity contribution in [3.63, 3.8) is 0 Å². The Labute approximate surface area is 112 Å². The first-order chi connectivity index (χ1) is 9.35. The van der Waals surface area contributed by atoms with Crippen LogP contribution in [0.5, 0.6) is 11.5 Å². The number of anilines is 2. The number of amides is 2. The van der Waals surface area contributed by atoms with Crippen LogP contribution in [-0.2, 0) is 0 Å². The topological polar surface area (TPSA) is 85.6 Å². The Morgan fingerprint density at radius 1 is 1.25 bits per heavy atom. The third-order valence-corrected chi connectivity index (χ3v) is 2.41. The number of benzene rings is 1. The van der Waals surface area contributed by atoms with Crippen molar-refractivity contribution in [2.24, 2.45) is 0 Å². The van der Waals surface area contributed by atoms with Crippen LogP contribution in [0.15, 0.2) is 12.1 Å². The maximum atomic E-state index is 12.0. The second-order valence-electron chi connectivity index (χ2n) is 4.01. The van der Waals surface area contributed by atoms with Gasteiger partial charge in [-0.1, -0.05) is 0 Å². The molecule has 2 amide bonds. The van der Waals surface area contributed by atoms with Crippen LogP contribution in [0, 0.1) is 0 Å². The summed E-state index contributed by atoms with van der Waals surface area (Å²) < 4.78 is 46.4. The molecule has 6 nitrogen and oxygen atoms in total. The molecule has 1 aromatic rings. The second kappa shape index (κ2) is 5.35. The Morgan fingerprint density at radius 3 is 2.45 bits per heavy atom. The third kappa shape index (κ3) is 3.59. The molecule has 20 heavy (non-hydrogen) atoms. The number of ether oxygens (including phenoxy) is 2. The standard InChI is InChI=1S/C11H12F3N3O3/c12-11(13,14)5-16-10(18)17-7-4-9-8(3-6(7)15)19-1-2-20-9/h3-4H,1-2,5,15H2,(H2,16,17,18). The van der Waals surface area contributed by atoms with Gasteiger partial charge in [-0.05, 0) is 0 Å². The normalized spacial score (nSPS) is 13.8. The molecule has 0 fully saturated rings. The Balaban J connectivity index is 2.04. The van der Waals surface area contributed by atoms with E-state index in [2.05, 4.69) is 5.32 Å². The third-order valence-electron chi connectivity index (χ3n) is 2.41. The minimum atomic E-state index is -4.48. The van der Waals surface area contributed by atoms with Crippen LogP contribution in [-0.4, -0.2) is 32.0 Å². The number of fused-ring (bicyclic) bond motifs is 1. The summed E-state index contributed by atoms with van der Waals surface area (Å²) in [7, 11) is 0. The molecule has 1 aromatic carbocycles. The highest BCUT2D eigenvalue weighted by atomic mass is 19.4. The van der Waals surface area contributed by atoms with Crippen LogP contribution in [0.1, 0.15) is 0 Å². The fourth-order valence-electron chi connectivity index (χ4n) is 1.56. The van der Waals surface area contributed by atoms with E-state index in [0.29, 0.717) is 24.7 Å². The molecule has 0 saturated carbocycles. The lowest BCUT2D eigenvalue weighted by atomic mass is 10.2. The average Bonchev–Trinajstić information content (AvgIpc) is 2.36. The summed E-state index contributed by atoms with van der Waals surface area (Å²) in [6, 6.07) is 1.83. The quantitative estimate of drug-likeness (QED) is 0.724. The van der Waals surface area contributed by atoms with E-state index < -0.39 is 18.8 Å². The fraction of sp³-hybridized carbons (Fsp3) is 0.364. The summed E-state index contributed by atoms with van der Waals surface area (Å²) in [6.07, 6.45) is -4.48. The van der Waals surface area contributed by atoms with Crippen LogP contribution in [0.25, 0.3) is 0 Å². The molecule has 0 unspecified atom stereocenters. The van der Waals surface area contributed by atoms with Crippen LogP contribution in [0.2, 0.25) is 0 Å². The van der Waals surface area contributed by atoms with Crippen LogP contribution >= 0.6 is 0 Å². The van der Waals surface area contributed by atoms with E-state index >= 15 is 0 Å². The lowest BCUT2D eigenvalue weighted by Crippen LogP contribution is -2.36. The molecule has 4 N–H and O–H groups in total. The molecule has 0 saturated heterocycles. The number of hydrogen-bond acceptors (Lipinski definition) is 4. The number of halogens is 3. The number of urea groups is 1. The molecule has 2 rings (SSSR count). The second-order valence-corrected chi connectivity index (χ2v) is 4.01. The monoisotopic (exact) mass is 291 g/mol. The van der Waals surface area contributed by atoms with Gasteiger partial charge in [-0.25, -0.2) is 4.79 Å². The van der Waals surface area contributed by atoms with E-state index in [4.69, 9.17) is 15.2 Å². The SMILES string of the molecule is Nc1cc2c(cc1NC(=O)NCC(F)(F)F)OCCO2. The maximum Gasteiger partial charge on any atom is 0.405 e. The number of nitrogen functional groups attached to an aromatic ring is 1. The van der Waals surface area contributed by atoms with Gasteiger partial charge in [0, 0.05) is 12.1 Å². The van der Waals surface area contributed by atoms with Gasteiger partial charge in [0.15, 0.2) is 11.5 Å². The fourth-order valence-corrected chi connectivity index (χ4v) is 1.56. The highest BCUT2D eigenvalue weighted by Gasteiger charge is 2.27. The van der Waals surface area contributed by atoms with E-state index in [9.17, 15) is 18.0 Å². The summed E-state index contributed by atoms with van der Waals surface area (Å²) in [5.41, 5.74) is 5.99. The van der Waals surface area contributed by atoms with Gasteiger partial charge < -0.3 is 25.8 Å². The number of hydrogen-bond donors (Lipinski definition) is 3. The van der Waals surface area contributed by atoms with Gasteiger partial charge in [-0.15, -0.1) is 0 Å². The summed E-state index contributed by atoms with van der Waals surface area (Å²) in [5, 5.41) is 3.90. The van der Waals surface area contributed by atoms with Gasteiger partial charge in [-0.2, -0.15) is 13.2 Å². The molecule has 1 aliphatic rings. The van der Waals surface area contributed by atoms with E-state index in [-0.39, 0.29) is 11.4 Å². The molecule has 0 aromatic heterocycles. The maximum absolute atomic E-state index is 12.0. The summed E-state index contributed by atoms with van der Waals surface area (Å²) >= 11 is 0. The van der Waals surface area contributed by atoms with Crippen molar-refractivity contribution in [3.05, 3.63) is 12.1 Å². The summed E-state index contributed by atoms with van der Waals surface area (Å²) in [6.45, 7) is -0.703. The molecule has 0 aliphatic carbocycles. The largest absolute Gasteiger partial charge is 0.486 e. The number of carbonyl (C=O) groups is 1. The van der Waals surface area contributed by atoms with Gasteiger partial charge in [0.05, 0.1) is 11.4 Å². The minimum absolute atomic E-state index is 0.147. The van der Waals surface area contributed by atoms with E-state index in [1.165, 1.54) is 12.1 Å². The number of alkyl halides is 3. The van der Waals surface area contributed by atoms with Crippen molar-refractivity contribution in [1.29, 1.82) is 0 Å². The van der Waals surface area contributed by atoms with E-state index in [0.717, 1.165) is 0 Å². The van der Waals surface area contributed by atoms with Gasteiger partial charge >= 0.3 is 12.2 Å². The Morgan fingerprint density at radius 2 is 1.85 bits per heavy atom. The molecule has 110 valence electrons. The van der Waals surface area contributed by atoms with Crippen molar-refractivity contribution in [1.82, 2.24) is 5.32 Å². The number of nitrogens with one attached hydrogen (secondary N) is 2. The summed E-state index contributed by atoms with van der Waals surface area (Å²) in [5.74, 6) is 0.798. The lowest BCUT2D eigenvalue weighted by molar-refractivity contribution is -0.122. The number of carbonyl (C=O) groups excluding carboxylic acids is 1.